The van der Waals surface area contributed by atoms with Gasteiger partial charge in [0.2, 0.25) is 0 Å². The van der Waals surface area contributed by atoms with Crippen molar-refractivity contribution in [1.29, 1.82) is 0 Å². The maximum absolute atomic E-state index is 12.2. The maximum atomic E-state index is 12.2. The highest BCUT2D eigenvalue weighted by Crippen LogP contribution is 2.16. The highest BCUT2D eigenvalue weighted by atomic mass is 16.1. The molecule has 6 heteroatoms. The lowest BCUT2D eigenvalue weighted by Crippen LogP contribution is -2.36. The Kier molecular flexibility index (Phi) is 3.51. The van der Waals surface area contributed by atoms with Gasteiger partial charge in [-0.05, 0) is 37.2 Å². The average molecular weight is 307 g/mol. The molecule has 1 aromatic carbocycles. The van der Waals surface area contributed by atoms with Crippen LogP contribution in [0.1, 0.15) is 16.8 Å². The fourth-order valence-electron chi connectivity index (χ4n) is 2.85. The normalized spacial score (nSPS) is 17.5. The summed E-state index contributed by atoms with van der Waals surface area (Å²) in [6, 6.07) is 11.7. The van der Waals surface area contributed by atoms with E-state index in [9.17, 15) is 4.79 Å². The van der Waals surface area contributed by atoms with Gasteiger partial charge in [-0.25, -0.2) is 9.97 Å². The van der Waals surface area contributed by atoms with Gasteiger partial charge in [0.15, 0.2) is 0 Å². The number of hydrogen-bond donors (Lipinski definition) is 2. The molecule has 1 amide bonds. The molecule has 0 saturated carbocycles. The summed E-state index contributed by atoms with van der Waals surface area (Å²) >= 11 is 0. The predicted octanol–water partition coefficient (Wildman–Crippen LogP) is 1.51. The van der Waals surface area contributed by atoms with Crippen molar-refractivity contribution in [2.45, 2.75) is 12.5 Å². The Labute approximate surface area is 133 Å². The standard InChI is InChI=1S/C17H17N5O/c23-17(21-13-7-8-18-10-13)12-5-6-16(19-9-12)22-11-20-14-3-1-2-4-15(14)22/h1-6,9,11,13,18H,7-8,10H2,(H,21,23)/t13-/m0/s1. The minimum atomic E-state index is -0.0757. The van der Waals surface area contributed by atoms with Crippen molar-refractivity contribution in [3.63, 3.8) is 0 Å². The molecule has 0 unspecified atom stereocenters. The lowest BCUT2D eigenvalue weighted by atomic mass is 10.2. The molecule has 116 valence electrons. The Morgan fingerprint density at radius 3 is 2.91 bits per heavy atom. The van der Waals surface area contributed by atoms with Gasteiger partial charge in [-0.2, -0.15) is 0 Å². The Hall–Kier alpha value is -2.73. The number of para-hydroxylation sites is 2. The topological polar surface area (TPSA) is 71.8 Å². The van der Waals surface area contributed by atoms with Crippen LogP contribution in [0.15, 0.2) is 48.9 Å². The van der Waals surface area contributed by atoms with Crippen molar-refractivity contribution in [3.8, 4) is 5.82 Å². The molecule has 1 aliphatic heterocycles. The van der Waals surface area contributed by atoms with Gasteiger partial charge in [0, 0.05) is 18.8 Å². The third kappa shape index (κ3) is 2.68. The molecule has 1 aliphatic rings. The lowest BCUT2D eigenvalue weighted by Gasteiger charge is -2.11. The van der Waals surface area contributed by atoms with Crippen molar-refractivity contribution >= 4 is 16.9 Å². The summed E-state index contributed by atoms with van der Waals surface area (Å²) in [7, 11) is 0. The van der Waals surface area contributed by atoms with Gasteiger partial charge >= 0.3 is 0 Å². The van der Waals surface area contributed by atoms with Gasteiger partial charge < -0.3 is 10.6 Å². The van der Waals surface area contributed by atoms with Crippen LogP contribution in [0.2, 0.25) is 0 Å². The Morgan fingerprint density at radius 2 is 2.13 bits per heavy atom. The summed E-state index contributed by atoms with van der Waals surface area (Å²) in [6.07, 6.45) is 4.33. The third-order valence-corrected chi connectivity index (χ3v) is 4.11. The number of imidazole rings is 1. The van der Waals surface area contributed by atoms with E-state index in [2.05, 4.69) is 20.6 Å². The molecule has 2 aromatic heterocycles. The van der Waals surface area contributed by atoms with Crippen LogP contribution in [0, 0.1) is 0 Å². The minimum absolute atomic E-state index is 0.0757. The molecule has 3 heterocycles. The first-order valence-corrected chi connectivity index (χ1v) is 7.71. The lowest BCUT2D eigenvalue weighted by molar-refractivity contribution is 0.0939. The molecule has 0 radical (unpaired) electrons. The first-order valence-electron chi connectivity index (χ1n) is 7.71. The van der Waals surface area contributed by atoms with Crippen LogP contribution in [0.4, 0.5) is 0 Å². The molecule has 0 aliphatic carbocycles. The number of amides is 1. The smallest absolute Gasteiger partial charge is 0.253 e. The molecule has 0 bridgehead atoms. The molecule has 6 nitrogen and oxygen atoms in total. The number of nitrogens with one attached hydrogen (secondary N) is 2. The van der Waals surface area contributed by atoms with Crippen molar-refractivity contribution in [2.24, 2.45) is 0 Å². The number of hydrogen-bond acceptors (Lipinski definition) is 4. The molecule has 1 fully saturated rings. The molecule has 23 heavy (non-hydrogen) atoms. The van der Waals surface area contributed by atoms with Crippen LogP contribution in [-0.4, -0.2) is 39.6 Å². The largest absolute Gasteiger partial charge is 0.348 e. The molecular weight excluding hydrogens is 290 g/mol. The number of rotatable bonds is 3. The molecule has 4 rings (SSSR count). The summed E-state index contributed by atoms with van der Waals surface area (Å²) in [5.41, 5.74) is 2.49. The van der Waals surface area contributed by atoms with Gasteiger partial charge in [-0.1, -0.05) is 12.1 Å². The first kappa shape index (κ1) is 13.9. The van der Waals surface area contributed by atoms with E-state index >= 15 is 0 Å². The molecule has 2 N–H and O–H groups in total. The van der Waals surface area contributed by atoms with E-state index in [1.165, 1.54) is 0 Å². The summed E-state index contributed by atoms with van der Waals surface area (Å²) in [5.74, 6) is 0.672. The van der Waals surface area contributed by atoms with Crippen molar-refractivity contribution < 1.29 is 4.79 Å². The minimum Gasteiger partial charge on any atom is -0.348 e. The van der Waals surface area contributed by atoms with Crippen LogP contribution >= 0.6 is 0 Å². The van der Waals surface area contributed by atoms with E-state index in [0.717, 1.165) is 36.4 Å². The second-order valence-corrected chi connectivity index (χ2v) is 5.67. The fourth-order valence-corrected chi connectivity index (χ4v) is 2.85. The predicted molar refractivity (Wildman–Crippen MR) is 87.6 cm³/mol. The van der Waals surface area contributed by atoms with Crippen molar-refractivity contribution in [3.05, 3.63) is 54.5 Å². The number of nitrogens with zero attached hydrogens (tertiary/aromatic N) is 3. The quantitative estimate of drug-likeness (QED) is 0.769. The van der Waals surface area contributed by atoms with E-state index in [-0.39, 0.29) is 11.9 Å². The number of carbonyl (C=O) groups is 1. The van der Waals surface area contributed by atoms with Crippen molar-refractivity contribution in [2.75, 3.05) is 13.1 Å². The zero-order valence-electron chi connectivity index (χ0n) is 12.6. The molecule has 1 atom stereocenters. The average Bonchev–Trinajstić information content (AvgIpc) is 3.24. The van der Waals surface area contributed by atoms with Crippen LogP contribution in [0.5, 0.6) is 0 Å². The summed E-state index contributed by atoms with van der Waals surface area (Å²) in [5, 5.41) is 6.25. The second-order valence-electron chi connectivity index (χ2n) is 5.67. The number of carbonyl (C=O) groups excluding carboxylic acids is 1. The monoisotopic (exact) mass is 307 g/mol. The zero-order valence-corrected chi connectivity index (χ0v) is 12.6. The first-order chi connectivity index (χ1) is 11.3. The van der Waals surface area contributed by atoms with Gasteiger partial charge in [0.1, 0.15) is 12.1 Å². The van der Waals surface area contributed by atoms with Gasteiger partial charge in [0.25, 0.3) is 5.91 Å². The SMILES string of the molecule is O=C(N[C@H]1CCNC1)c1ccc(-n2cnc3ccccc32)nc1. The second kappa shape index (κ2) is 5.81. The van der Waals surface area contributed by atoms with E-state index in [0.29, 0.717) is 5.56 Å². The van der Waals surface area contributed by atoms with Crippen LogP contribution in [-0.2, 0) is 0 Å². The maximum Gasteiger partial charge on any atom is 0.253 e. The third-order valence-electron chi connectivity index (χ3n) is 4.11. The Bertz CT molecular complexity index is 834. The van der Waals surface area contributed by atoms with E-state index < -0.39 is 0 Å². The molecule has 3 aromatic rings. The molecular formula is C17H17N5O. The number of fused-ring (bicyclic) bond motifs is 1. The zero-order chi connectivity index (χ0) is 15.6. The number of aromatic nitrogens is 3. The van der Waals surface area contributed by atoms with Crippen LogP contribution in [0.25, 0.3) is 16.9 Å². The molecule has 0 spiro atoms. The van der Waals surface area contributed by atoms with Gasteiger partial charge in [0.05, 0.1) is 16.6 Å². The Balaban J connectivity index is 1.56. The van der Waals surface area contributed by atoms with E-state index in [1.54, 1.807) is 18.6 Å². The van der Waals surface area contributed by atoms with Crippen LogP contribution < -0.4 is 10.6 Å². The van der Waals surface area contributed by atoms with E-state index in [1.807, 2.05) is 34.9 Å². The fraction of sp³-hybridized carbons (Fsp3) is 0.235. The van der Waals surface area contributed by atoms with E-state index in [4.69, 9.17) is 0 Å². The van der Waals surface area contributed by atoms with Gasteiger partial charge in [-0.15, -0.1) is 0 Å². The summed E-state index contributed by atoms with van der Waals surface area (Å²) in [4.78, 5) is 21.0. The number of pyridine rings is 1. The summed E-state index contributed by atoms with van der Waals surface area (Å²) < 4.78 is 1.91. The van der Waals surface area contributed by atoms with Crippen molar-refractivity contribution in [1.82, 2.24) is 25.2 Å². The molecule has 1 saturated heterocycles. The number of benzene rings is 1. The highest BCUT2D eigenvalue weighted by Gasteiger charge is 2.17. The Morgan fingerprint density at radius 1 is 1.22 bits per heavy atom. The van der Waals surface area contributed by atoms with Gasteiger partial charge in [-0.3, -0.25) is 9.36 Å². The summed E-state index contributed by atoms with van der Waals surface area (Å²) in [6.45, 7) is 1.79. The highest BCUT2D eigenvalue weighted by molar-refractivity contribution is 5.94. The van der Waals surface area contributed by atoms with Crippen LogP contribution in [0.3, 0.4) is 0 Å².